The Morgan fingerprint density at radius 1 is 1.06 bits per heavy atom. The van der Waals surface area contributed by atoms with E-state index in [4.69, 9.17) is 0 Å². The molecule has 3 amide bonds. The number of hydrogen-bond donors (Lipinski definition) is 0. The van der Waals surface area contributed by atoms with Crippen LogP contribution in [0.2, 0.25) is 0 Å². The van der Waals surface area contributed by atoms with E-state index in [2.05, 4.69) is 0 Å². The first kappa shape index (κ1) is 23.9. The molecule has 1 saturated heterocycles. The summed E-state index contributed by atoms with van der Waals surface area (Å²) in [5.41, 5.74) is 0.212. The second kappa shape index (κ2) is 8.81. The SMILES string of the molecule is CC(C)N1C(=O)c2ccccc2C(C(=O)N(C)C)C12CCN(C(=O)c1ccc(F)cc1F)CC2. The topological polar surface area (TPSA) is 60.9 Å². The molecule has 2 aromatic carbocycles. The van der Waals surface area contributed by atoms with E-state index < -0.39 is 29.0 Å². The summed E-state index contributed by atoms with van der Waals surface area (Å²) in [5.74, 6) is -2.99. The maximum Gasteiger partial charge on any atom is 0.256 e. The van der Waals surface area contributed by atoms with Gasteiger partial charge in [-0.25, -0.2) is 8.78 Å². The smallest absolute Gasteiger partial charge is 0.256 e. The van der Waals surface area contributed by atoms with Crippen LogP contribution in [0.1, 0.15) is 58.9 Å². The molecule has 6 nitrogen and oxygen atoms in total. The van der Waals surface area contributed by atoms with Gasteiger partial charge in [0.2, 0.25) is 5.91 Å². The van der Waals surface area contributed by atoms with E-state index in [1.807, 2.05) is 30.9 Å². The van der Waals surface area contributed by atoms with Gasteiger partial charge in [-0.1, -0.05) is 18.2 Å². The fraction of sp³-hybridized carbons (Fsp3) is 0.423. The normalized spacial score (nSPS) is 19.4. The average Bonchev–Trinajstić information content (AvgIpc) is 2.79. The molecule has 2 aliphatic rings. The maximum absolute atomic E-state index is 14.3. The Hall–Kier alpha value is -3.29. The Balaban J connectivity index is 1.74. The molecule has 0 saturated carbocycles. The van der Waals surface area contributed by atoms with Gasteiger partial charge in [0.15, 0.2) is 0 Å². The minimum Gasteiger partial charge on any atom is -0.348 e. The number of likely N-dealkylation sites (tertiary alicyclic amines) is 1. The number of hydrogen-bond acceptors (Lipinski definition) is 3. The van der Waals surface area contributed by atoms with E-state index in [0.717, 1.165) is 12.1 Å². The summed E-state index contributed by atoms with van der Waals surface area (Å²) in [6, 6.07) is 9.95. The second-order valence-corrected chi connectivity index (χ2v) is 9.54. The number of benzene rings is 2. The molecule has 1 atom stereocenters. The highest BCUT2D eigenvalue weighted by atomic mass is 19.1. The third-order valence-corrected chi connectivity index (χ3v) is 7.02. The molecule has 1 fully saturated rings. The summed E-state index contributed by atoms with van der Waals surface area (Å²) < 4.78 is 27.6. The van der Waals surface area contributed by atoms with Crippen molar-refractivity contribution in [3.8, 4) is 0 Å². The standard InChI is InChI=1S/C26H29F2N3O3/c1-16(2)31-24(33)19-8-6-5-7-18(19)22(25(34)29(3)4)26(31)11-13-30(14-12-26)23(32)20-10-9-17(27)15-21(20)28/h5-10,15-16,22H,11-14H2,1-4H3. The molecule has 0 aromatic heterocycles. The molecule has 4 rings (SSSR count). The highest BCUT2D eigenvalue weighted by Crippen LogP contribution is 2.48. The second-order valence-electron chi connectivity index (χ2n) is 9.54. The van der Waals surface area contributed by atoms with Gasteiger partial charge < -0.3 is 14.7 Å². The van der Waals surface area contributed by atoms with Crippen LogP contribution in [0, 0.1) is 11.6 Å². The van der Waals surface area contributed by atoms with Crippen molar-refractivity contribution in [2.75, 3.05) is 27.2 Å². The van der Waals surface area contributed by atoms with Gasteiger partial charge in [0.05, 0.1) is 17.0 Å². The van der Waals surface area contributed by atoms with Crippen LogP contribution in [0.4, 0.5) is 8.78 Å². The Bertz CT molecular complexity index is 1140. The molecule has 2 aliphatic heterocycles. The minimum absolute atomic E-state index is 0.102. The van der Waals surface area contributed by atoms with Crippen LogP contribution in [0.25, 0.3) is 0 Å². The Labute approximate surface area is 198 Å². The molecule has 34 heavy (non-hydrogen) atoms. The molecule has 0 aliphatic carbocycles. The monoisotopic (exact) mass is 469 g/mol. The number of amides is 3. The number of nitrogens with zero attached hydrogens (tertiary/aromatic N) is 3. The summed E-state index contributed by atoms with van der Waals surface area (Å²) >= 11 is 0. The Morgan fingerprint density at radius 3 is 2.29 bits per heavy atom. The van der Waals surface area contributed by atoms with Crippen LogP contribution >= 0.6 is 0 Å². The zero-order chi connectivity index (χ0) is 24.8. The van der Waals surface area contributed by atoms with Crippen LogP contribution in [-0.4, -0.2) is 71.2 Å². The fourth-order valence-corrected chi connectivity index (χ4v) is 5.53. The lowest BCUT2D eigenvalue weighted by Crippen LogP contribution is -2.67. The lowest BCUT2D eigenvalue weighted by Gasteiger charge is -2.56. The first-order valence-electron chi connectivity index (χ1n) is 11.5. The number of halogens is 2. The maximum atomic E-state index is 14.3. The summed E-state index contributed by atoms with van der Waals surface area (Å²) in [4.78, 5) is 45.0. The first-order valence-corrected chi connectivity index (χ1v) is 11.5. The van der Waals surface area contributed by atoms with E-state index in [9.17, 15) is 23.2 Å². The van der Waals surface area contributed by atoms with E-state index in [0.29, 0.717) is 30.0 Å². The molecule has 2 heterocycles. The van der Waals surface area contributed by atoms with E-state index >= 15 is 0 Å². The van der Waals surface area contributed by atoms with Gasteiger partial charge in [-0.15, -0.1) is 0 Å². The third-order valence-electron chi connectivity index (χ3n) is 7.02. The van der Waals surface area contributed by atoms with Gasteiger partial charge in [-0.2, -0.15) is 0 Å². The molecule has 8 heteroatoms. The largest absolute Gasteiger partial charge is 0.348 e. The summed E-state index contributed by atoms with van der Waals surface area (Å²) in [6.45, 7) is 4.34. The highest BCUT2D eigenvalue weighted by Gasteiger charge is 2.56. The van der Waals surface area contributed by atoms with Gasteiger partial charge in [-0.3, -0.25) is 14.4 Å². The van der Waals surface area contributed by atoms with Crippen molar-refractivity contribution in [3.63, 3.8) is 0 Å². The van der Waals surface area contributed by atoms with Crippen molar-refractivity contribution in [1.29, 1.82) is 0 Å². The van der Waals surface area contributed by atoms with E-state index in [1.165, 1.54) is 4.90 Å². The number of rotatable bonds is 3. The van der Waals surface area contributed by atoms with Crippen molar-refractivity contribution < 1.29 is 23.2 Å². The molecule has 2 aromatic rings. The quantitative estimate of drug-likeness (QED) is 0.689. The van der Waals surface area contributed by atoms with Crippen LogP contribution in [0.3, 0.4) is 0 Å². The molecular weight excluding hydrogens is 440 g/mol. The Kier molecular flexibility index (Phi) is 6.18. The van der Waals surface area contributed by atoms with Gasteiger partial charge in [0.1, 0.15) is 11.6 Å². The number of carbonyl (C=O) groups is 3. The average molecular weight is 470 g/mol. The minimum atomic E-state index is -0.906. The zero-order valence-electron chi connectivity index (χ0n) is 19.8. The fourth-order valence-electron chi connectivity index (χ4n) is 5.53. The van der Waals surface area contributed by atoms with Gasteiger partial charge in [-0.05, 0) is 50.5 Å². The Morgan fingerprint density at radius 2 is 1.71 bits per heavy atom. The molecule has 0 bridgehead atoms. The van der Waals surface area contributed by atoms with Gasteiger partial charge in [0, 0.05) is 44.9 Å². The summed E-state index contributed by atoms with van der Waals surface area (Å²) in [6.07, 6.45) is 0.730. The molecule has 0 N–H and O–H groups in total. The van der Waals surface area contributed by atoms with E-state index in [1.54, 1.807) is 31.1 Å². The van der Waals surface area contributed by atoms with Crippen LogP contribution in [-0.2, 0) is 4.79 Å². The van der Waals surface area contributed by atoms with Gasteiger partial charge >= 0.3 is 0 Å². The number of carbonyl (C=O) groups excluding carboxylic acids is 3. The number of likely N-dealkylation sites (N-methyl/N-ethyl adjacent to an activating group) is 1. The number of piperidine rings is 1. The lowest BCUT2D eigenvalue weighted by molar-refractivity contribution is -0.136. The molecule has 180 valence electrons. The van der Waals surface area contributed by atoms with Crippen LogP contribution in [0.15, 0.2) is 42.5 Å². The van der Waals surface area contributed by atoms with Crippen molar-refractivity contribution in [2.45, 2.75) is 44.2 Å². The summed E-state index contributed by atoms with van der Waals surface area (Å²) in [5, 5.41) is 0. The summed E-state index contributed by atoms with van der Waals surface area (Å²) in [7, 11) is 3.40. The van der Waals surface area contributed by atoms with E-state index in [-0.39, 0.29) is 36.5 Å². The predicted molar refractivity (Wildman–Crippen MR) is 123 cm³/mol. The van der Waals surface area contributed by atoms with Crippen molar-refractivity contribution in [2.24, 2.45) is 0 Å². The number of fused-ring (bicyclic) bond motifs is 1. The molecule has 1 spiro atoms. The first-order chi connectivity index (χ1) is 16.1. The van der Waals surface area contributed by atoms with Crippen LogP contribution < -0.4 is 0 Å². The highest BCUT2D eigenvalue weighted by molar-refractivity contribution is 6.02. The van der Waals surface area contributed by atoms with Crippen molar-refractivity contribution in [3.05, 3.63) is 70.8 Å². The van der Waals surface area contributed by atoms with Crippen LogP contribution in [0.5, 0.6) is 0 Å². The third kappa shape index (κ3) is 3.75. The van der Waals surface area contributed by atoms with Crippen molar-refractivity contribution in [1.82, 2.24) is 14.7 Å². The zero-order valence-corrected chi connectivity index (χ0v) is 19.8. The predicted octanol–water partition coefficient (Wildman–Crippen LogP) is 3.68. The van der Waals surface area contributed by atoms with Crippen molar-refractivity contribution >= 4 is 17.7 Å². The lowest BCUT2D eigenvalue weighted by atomic mass is 9.66. The van der Waals surface area contributed by atoms with Gasteiger partial charge in [0.25, 0.3) is 11.8 Å². The molecular formula is C26H29F2N3O3. The molecule has 1 unspecified atom stereocenters. The molecule has 0 radical (unpaired) electrons.